The number of benzene rings is 1. The van der Waals surface area contributed by atoms with Crippen LogP contribution in [0.1, 0.15) is 392 Å². The van der Waals surface area contributed by atoms with Crippen LogP contribution < -0.4 is 0 Å². The number of rotatable bonds is 40. The normalized spacial score (nSPS) is 24.9. The van der Waals surface area contributed by atoms with Crippen molar-refractivity contribution < 1.29 is 62.0 Å². The molecule has 8 unspecified atom stereocenters. The lowest BCUT2D eigenvalue weighted by molar-refractivity contribution is -0.136. The van der Waals surface area contributed by atoms with Crippen LogP contribution in [-0.2, 0) is 68.5 Å². The molecule has 0 N–H and O–H groups in total. The van der Waals surface area contributed by atoms with Gasteiger partial charge >= 0.3 is 0 Å². The van der Waals surface area contributed by atoms with Gasteiger partial charge in [-0.3, -0.25) is 38.4 Å². The molecule has 1 aromatic carbocycles. The molecule has 10 saturated carbocycles. The molecule has 8 amide bonds. The molecule has 1 spiro atoms. The van der Waals surface area contributed by atoms with Crippen LogP contribution in [0.2, 0.25) is 0 Å². The van der Waals surface area contributed by atoms with Crippen LogP contribution in [0.4, 0.5) is 0 Å². The van der Waals surface area contributed by atoms with Crippen LogP contribution in [0, 0.1) is 45.8 Å². The Labute approximate surface area is 787 Å². The maximum absolute atomic E-state index is 12.5. The fourth-order valence-corrected chi connectivity index (χ4v) is 21.0. The zero-order valence-corrected chi connectivity index (χ0v) is 84.5. The first kappa shape index (κ1) is 108. The summed E-state index contributed by atoms with van der Waals surface area (Å²) in [5, 5.41) is 8.72. The molecule has 0 radical (unpaired) electrons. The van der Waals surface area contributed by atoms with Gasteiger partial charge in [-0.25, -0.2) is 0 Å². The predicted molar refractivity (Wildman–Crippen MR) is 518 cm³/mol. The molecule has 5 aliphatic heterocycles. The van der Waals surface area contributed by atoms with Crippen molar-refractivity contribution in [2.45, 2.75) is 472 Å². The highest BCUT2D eigenvalue weighted by atomic mass is 16.5. The molecule has 1 aromatic rings. The summed E-state index contributed by atoms with van der Waals surface area (Å²) in [7, 11) is 0. The standard InChI is InChI=1S/C15H18N2O.C15H27NO2.2C14H23NO2.C13H21NO2.C13H25NO2.C12H21NO.C12H23NO/c1-2-9-17(14-7-8-14)15(18)10-12-3-5-13(11-16)6-4-12;1-4-7-16(14-5-6-14)15(17)10-13-8-11(2)18-12(3)9-13;1-2-7-15(11-3-4-11)13(16)12-10-14(12)5-8-17-9-6-14;1-2-7-15(11-3-4-11)14(16)9-10-8-12-5-6-13(10)17-12;1-2-5-14(11-3-4-11)12(15)7-13-6-10(13)8-16-9-13;1-4-9-14(12-7-8-12)13(15)6-5-10-16-11(2)3;1-4-9-13(11-6-7-11)12(14)8-5-10(2)3;1-4-12(14)13(10(2)3)11-8-6-5-7-9-11/h3-6,14H,2,7-10H2,1H3;11-14H,4-10H2,1-3H3;11-12H,2-10H2,1H3;10-13H,2-9H2,1H3;10-11H,2-9H2,1H3;11-12H,4-10H2,1-3H3;5,11H,4,6-9H2,1-3H3;10-11H,4-9H2,1-3H3. The van der Waals surface area contributed by atoms with E-state index >= 15 is 0 Å². The van der Waals surface area contributed by atoms with Gasteiger partial charge in [0.1, 0.15) is 0 Å². The third kappa shape index (κ3) is 35.9. The van der Waals surface area contributed by atoms with Gasteiger partial charge in [-0.15, -0.1) is 0 Å². The minimum Gasteiger partial charge on any atom is -0.381 e. The molecular formula is C108H181N9O13. The van der Waals surface area contributed by atoms with E-state index in [9.17, 15) is 38.4 Å². The molecule has 15 fully saturated rings. The van der Waals surface area contributed by atoms with Crippen molar-refractivity contribution in [1.82, 2.24) is 39.2 Å². The number of carbonyl (C=O) groups is 8. The van der Waals surface area contributed by atoms with Gasteiger partial charge in [0.05, 0.1) is 61.8 Å². The lowest BCUT2D eigenvalue weighted by Crippen LogP contribution is -2.45. The summed E-state index contributed by atoms with van der Waals surface area (Å²) in [6.07, 6.45) is 50.1. The molecule has 5 heterocycles. The SMILES string of the molecule is CCC(=O)N(C(C)C)C1CCCCC1.CCCN(C(=O)C1CC12CCOCC2)C1CC1.CCCN(C(=O)CC12COCC1C2)C1CC1.CCCN(C(=O)CC1CC(C)OC(C)C1)C1CC1.CCCN(C(=O)CC1CC2CCC1O2)C1CC1.CCCN(C(=O)CC=C(C)C)C1CC1.CCCN(C(=O)CCCOC(C)C)C1CC1.CCCN(C(=O)Cc1ccc(C#N)cc1)C1CC1. The van der Waals surface area contributed by atoms with Gasteiger partial charge in [0.2, 0.25) is 47.3 Å². The van der Waals surface area contributed by atoms with Crippen molar-refractivity contribution in [3.05, 3.63) is 47.0 Å². The third-order valence-electron chi connectivity index (χ3n) is 29.1. The summed E-state index contributed by atoms with van der Waals surface area (Å²) in [6.45, 7) is 44.2. The van der Waals surface area contributed by atoms with E-state index in [-0.39, 0.29) is 17.4 Å². The summed E-state index contributed by atoms with van der Waals surface area (Å²) in [5.41, 5.74) is 3.46. The Morgan fingerprint density at radius 3 is 1.38 bits per heavy atom. The third-order valence-corrected chi connectivity index (χ3v) is 29.1. The summed E-state index contributed by atoms with van der Waals surface area (Å²) in [6, 6.07) is 14.1. The predicted octanol–water partition coefficient (Wildman–Crippen LogP) is 20.1. The van der Waals surface area contributed by atoms with Crippen molar-refractivity contribution in [2.24, 2.45) is 34.5 Å². The smallest absolute Gasteiger partial charge is 0.227 e. The Balaban J connectivity index is 0.000000168. The highest BCUT2D eigenvalue weighted by Crippen LogP contribution is 2.61. The highest BCUT2D eigenvalue weighted by molar-refractivity contribution is 5.84. The van der Waals surface area contributed by atoms with E-state index in [0.29, 0.717) is 187 Å². The van der Waals surface area contributed by atoms with Gasteiger partial charge in [-0.1, -0.05) is 98.4 Å². The van der Waals surface area contributed by atoms with Gasteiger partial charge in [-0.05, 0) is 308 Å². The highest BCUT2D eigenvalue weighted by Gasteiger charge is 2.61. The molecule has 10 aliphatic carbocycles. The zero-order valence-electron chi connectivity index (χ0n) is 84.5. The number of nitrogens with zero attached hydrogens (tertiary/aromatic N) is 9. The molecule has 2 bridgehead atoms. The van der Waals surface area contributed by atoms with Crippen molar-refractivity contribution in [1.29, 1.82) is 5.26 Å². The van der Waals surface area contributed by atoms with Gasteiger partial charge in [0, 0.05) is 170 Å². The Bertz CT molecular complexity index is 3640. The average molecular weight is 1810 g/mol. The minimum absolute atomic E-state index is 0.212. The lowest BCUT2D eigenvalue weighted by Gasteiger charge is -2.37. The number of allylic oxidation sites excluding steroid dienone is 1. The van der Waals surface area contributed by atoms with E-state index in [0.717, 1.165) is 200 Å². The van der Waals surface area contributed by atoms with Crippen LogP contribution in [0.25, 0.3) is 0 Å². The van der Waals surface area contributed by atoms with E-state index in [4.69, 9.17) is 28.9 Å². The number of hydrogen-bond donors (Lipinski definition) is 0. The second-order valence-electron chi connectivity index (χ2n) is 42.3. The monoisotopic (exact) mass is 1810 g/mol. The first-order valence-electron chi connectivity index (χ1n) is 53.2. The molecule has 5 saturated heterocycles. The van der Waals surface area contributed by atoms with Crippen LogP contribution in [-0.4, -0.2) is 250 Å². The summed E-state index contributed by atoms with van der Waals surface area (Å²) in [4.78, 5) is 114. The van der Waals surface area contributed by atoms with Crippen LogP contribution in [0.5, 0.6) is 0 Å². The molecule has 15 aliphatic rings. The van der Waals surface area contributed by atoms with E-state index in [2.05, 4.69) is 117 Å². The number of ether oxygens (including phenoxy) is 5. The minimum atomic E-state index is 0.212. The number of hydrogen-bond acceptors (Lipinski definition) is 14. The van der Waals surface area contributed by atoms with E-state index in [1.807, 2.05) is 57.7 Å². The van der Waals surface area contributed by atoms with Gasteiger partial charge in [0.15, 0.2) is 0 Å². The second-order valence-corrected chi connectivity index (χ2v) is 42.3. The zero-order chi connectivity index (χ0) is 94.0. The second kappa shape index (κ2) is 54.7. The van der Waals surface area contributed by atoms with Gasteiger partial charge < -0.3 is 62.9 Å². The van der Waals surface area contributed by atoms with Crippen molar-refractivity contribution in [2.75, 3.05) is 78.8 Å². The summed E-state index contributed by atoms with van der Waals surface area (Å²) >= 11 is 0. The number of fused-ring (bicyclic) bond motifs is 3. The molecule has 736 valence electrons. The largest absolute Gasteiger partial charge is 0.381 e. The fourth-order valence-electron chi connectivity index (χ4n) is 21.0. The first-order chi connectivity index (χ1) is 62.6. The van der Waals surface area contributed by atoms with E-state index < -0.39 is 0 Å². The molecule has 0 aromatic heterocycles. The van der Waals surface area contributed by atoms with E-state index in [1.54, 1.807) is 12.1 Å². The Morgan fingerprint density at radius 1 is 0.500 bits per heavy atom. The van der Waals surface area contributed by atoms with Crippen LogP contribution in [0.15, 0.2) is 35.9 Å². The molecule has 22 heteroatoms. The Hall–Kier alpha value is -5.99. The molecule has 16 rings (SSSR count). The molecule has 22 nitrogen and oxygen atoms in total. The summed E-state index contributed by atoms with van der Waals surface area (Å²) in [5.74, 6) is 4.82. The first-order valence-corrected chi connectivity index (χ1v) is 53.2. The molecule has 8 atom stereocenters. The Morgan fingerprint density at radius 2 is 0.962 bits per heavy atom. The van der Waals surface area contributed by atoms with E-state index in [1.165, 1.54) is 134 Å². The topological polar surface area (TPSA) is 232 Å². The quantitative estimate of drug-likeness (QED) is 0.0439. The van der Waals surface area contributed by atoms with Crippen molar-refractivity contribution in [3.63, 3.8) is 0 Å². The average Bonchev–Trinajstić information content (AvgIpc) is 1.58. The summed E-state index contributed by atoms with van der Waals surface area (Å²) < 4.78 is 27.9. The van der Waals surface area contributed by atoms with Crippen molar-refractivity contribution >= 4 is 47.3 Å². The maximum Gasteiger partial charge on any atom is 0.227 e. The molecule has 130 heavy (non-hydrogen) atoms. The number of amides is 8. The lowest BCUT2D eigenvalue weighted by atomic mass is 9.86. The van der Waals surface area contributed by atoms with Crippen LogP contribution >= 0.6 is 0 Å². The maximum atomic E-state index is 12.5. The van der Waals surface area contributed by atoms with Gasteiger partial charge in [0.25, 0.3) is 0 Å². The van der Waals surface area contributed by atoms with Crippen LogP contribution in [0.3, 0.4) is 0 Å². The number of carbonyl (C=O) groups excluding carboxylic acids is 8. The van der Waals surface area contributed by atoms with Crippen molar-refractivity contribution in [3.8, 4) is 6.07 Å². The Kier molecular flexibility index (Phi) is 45.3. The molecular weight excluding hydrogens is 1630 g/mol. The van der Waals surface area contributed by atoms with Gasteiger partial charge in [-0.2, -0.15) is 5.26 Å². The fraction of sp³-hybridized carbons (Fsp3) is 0.843. The number of nitriles is 1.